The van der Waals surface area contributed by atoms with Crippen LogP contribution in [0.15, 0.2) is 18.2 Å². The highest BCUT2D eigenvalue weighted by molar-refractivity contribution is 5.84. The minimum absolute atomic E-state index is 0.142. The maximum absolute atomic E-state index is 13.7. The van der Waals surface area contributed by atoms with Crippen molar-refractivity contribution >= 4 is 11.9 Å². The first kappa shape index (κ1) is 18.9. The molecule has 0 saturated carbocycles. The fraction of sp³-hybridized carbons (Fsp3) is 0.500. The van der Waals surface area contributed by atoms with Gasteiger partial charge in [0.1, 0.15) is 11.6 Å². The molecular formula is C16H23F2N3O2. The van der Waals surface area contributed by atoms with Crippen molar-refractivity contribution in [1.82, 2.24) is 15.1 Å². The molecule has 0 bridgehead atoms. The van der Waals surface area contributed by atoms with E-state index in [1.165, 1.54) is 11.0 Å². The molecule has 0 aliphatic heterocycles. The van der Waals surface area contributed by atoms with Crippen LogP contribution in [0.5, 0.6) is 0 Å². The van der Waals surface area contributed by atoms with Crippen LogP contribution in [0.4, 0.5) is 13.6 Å². The van der Waals surface area contributed by atoms with Crippen LogP contribution in [0.25, 0.3) is 0 Å². The van der Waals surface area contributed by atoms with Crippen LogP contribution in [-0.4, -0.2) is 47.9 Å². The number of nitrogens with one attached hydrogen (secondary N) is 1. The van der Waals surface area contributed by atoms with E-state index in [-0.39, 0.29) is 31.1 Å². The third-order valence-electron chi connectivity index (χ3n) is 3.59. The third kappa shape index (κ3) is 5.19. The van der Waals surface area contributed by atoms with E-state index in [0.717, 1.165) is 12.1 Å². The van der Waals surface area contributed by atoms with Gasteiger partial charge in [-0.05, 0) is 32.9 Å². The van der Waals surface area contributed by atoms with Crippen LogP contribution in [-0.2, 0) is 11.3 Å². The lowest BCUT2D eigenvalue weighted by Crippen LogP contribution is -2.45. The van der Waals surface area contributed by atoms with Crippen molar-refractivity contribution in [2.24, 2.45) is 0 Å². The number of carbonyl (C=O) groups is 2. The van der Waals surface area contributed by atoms with Gasteiger partial charge >= 0.3 is 6.03 Å². The zero-order valence-corrected chi connectivity index (χ0v) is 13.7. The molecule has 0 radical (unpaired) electrons. The Kier molecular flexibility index (Phi) is 7.44. The summed E-state index contributed by atoms with van der Waals surface area (Å²) in [5, 5.41) is 2.49. The summed E-state index contributed by atoms with van der Waals surface area (Å²) in [6.45, 7) is 6.44. The summed E-state index contributed by atoms with van der Waals surface area (Å²) in [5.74, 6) is -1.59. The van der Waals surface area contributed by atoms with E-state index in [9.17, 15) is 18.4 Å². The number of nitrogens with zero attached hydrogens (tertiary/aromatic N) is 2. The van der Waals surface area contributed by atoms with E-state index in [4.69, 9.17) is 0 Å². The molecule has 128 valence electrons. The van der Waals surface area contributed by atoms with Gasteiger partial charge in [0, 0.05) is 25.2 Å². The van der Waals surface area contributed by atoms with Crippen LogP contribution in [0.2, 0.25) is 0 Å². The Hall–Kier alpha value is -2.18. The van der Waals surface area contributed by atoms with Crippen LogP contribution >= 0.6 is 0 Å². The molecule has 0 heterocycles. The summed E-state index contributed by atoms with van der Waals surface area (Å²) in [6.07, 6.45) is 0. The largest absolute Gasteiger partial charge is 0.342 e. The van der Waals surface area contributed by atoms with E-state index in [2.05, 4.69) is 5.32 Å². The number of benzene rings is 1. The molecule has 0 aliphatic rings. The minimum atomic E-state index is -0.699. The summed E-state index contributed by atoms with van der Waals surface area (Å²) in [4.78, 5) is 26.8. The van der Waals surface area contributed by atoms with Crippen LogP contribution in [0, 0.1) is 11.6 Å². The van der Waals surface area contributed by atoms with Gasteiger partial charge in [0.05, 0.1) is 13.1 Å². The zero-order chi connectivity index (χ0) is 17.4. The molecule has 0 saturated heterocycles. The predicted octanol–water partition coefficient (Wildman–Crippen LogP) is 2.36. The van der Waals surface area contributed by atoms with Gasteiger partial charge in [-0.3, -0.25) is 4.79 Å². The summed E-state index contributed by atoms with van der Waals surface area (Å²) in [6, 6.07) is 3.03. The van der Waals surface area contributed by atoms with Gasteiger partial charge in [0.2, 0.25) is 5.91 Å². The molecular weight excluding hydrogens is 304 g/mol. The summed E-state index contributed by atoms with van der Waals surface area (Å²) in [7, 11) is 0. The van der Waals surface area contributed by atoms with Crippen molar-refractivity contribution in [1.29, 1.82) is 0 Å². The Bertz CT molecular complexity index is 528. The second-order valence-corrected chi connectivity index (χ2v) is 4.94. The van der Waals surface area contributed by atoms with E-state index < -0.39 is 17.7 Å². The Morgan fingerprint density at radius 2 is 1.52 bits per heavy atom. The van der Waals surface area contributed by atoms with Crippen molar-refractivity contribution in [2.75, 3.05) is 26.2 Å². The summed E-state index contributed by atoms with van der Waals surface area (Å²) < 4.78 is 27.3. The van der Waals surface area contributed by atoms with Crippen molar-refractivity contribution in [3.8, 4) is 0 Å². The second kappa shape index (κ2) is 9.07. The topological polar surface area (TPSA) is 52.7 Å². The highest BCUT2D eigenvalue weighted by Gasteiger charge is 2.18. The number of amides is 3. The smallest absolute Gasteiger partial charge is 0.318 e. The number of likely N-dealkylation sites (N-methyl/N-ethyl adjacent to an activating group) is 1. The molecule has 0 aliphatic carbocycles. The number of urea groups is 1. The maximum Gasteiger partial charge on any atom is 0.318 e. The summed E-state index contributed by atoms with van der Waals surface area (Å²) in [5.41, 5.74) is -0.167. The first-order valence-corrected chi connectivity index (χ1v) is 7.67. The number of halogens is 2. The third-order valence-corrected chi connectivity index (χ3v) is 3.59. The number of hydrogen-bond donors (Lipinski definition) is 1. The van der Waals surface area contributed by atoms with E-state index >= 15 is 0 Å². The molecule has 1 N–H and O–H groups in total. The first-order valence-electron chi connectivity index (χ1n) is 7.67. The number of hydrogen-bond acceptors (Lipinski definition) is 2. The monoisotopic (exact) mass is 327 g/mol. The predicted molar refractivity (Wildman–Crippen MR) is 83.8 cm³/mol. The highest BCUT2D eigenvalue weighted by atomic mass is 19.1. The number of rotatable bonds is 7. The fourth-order valence-electron chi connectivity index (χ4n) is 2.15. The molecule has 0 atom stereocenters. The Morgan fingerprint density at radius 1 is 1.00 bits per heavy atom. The lowest BCUT2D eigenvalue weighted by Gasteiger charge is -2.23. The van der Waals surface area contributed by atoms with Crippen molar-refractivity contribution in [2.45, 2.75) is 27.3 Å². The van der Waals surface area contributed by atoms with Gasteiger partial charge in [0.25, 0.3) is 0 Å². The Morgan fingerprint density at radius 3 is 2.00 bits per heavy atom. The quantitative estimate of drug-likeness (QED) is 0.836. The molecule has 1 aromatic carbocycles. The van der Waals surface area contributed by atoms with Gasteiger partial charge in [-0.2, -0.15) is 0 Å². The van der Waals surface area contributed by atoms with E-state index in [1.807, 2.05) is 13.8 Å². The molecule has 0 spiro atoms. The Labute approximate surface area is 135 Å². The average Bonchev–Trinajstić information content (AvgIpc) is 2.53. The fourth-order valence-corrected chi connectivity index (χ4v) is 2.15. The van der Waals surface area contributed by atoms with Crippen LogP contribution in [0.1, 0.15) is 26.3 Å². The van der Waals surface area contributed by atoms with Crippen molar-refractivity contribution < 1.29 is 18.4 Å². The van der Waals surface area contributed by atoms with E-state index in [1.54, 1.807) is 11.8 Å². The molecule has 7 heteroatoms. The standard InChI is InChI=1S/C16H23F2N3O2/c1-4-20(5-2)15(22)10-19-16(23)21(6-3)11-12-13(17)8-7-9-14(12)18/h7-9H,4-6,10-11H2,1-3H3,(H,19,23). The zero-order valence-electron chi connectivity index (χ0n) is 13.7. The molecule has 1 aromatic rings. The van der Waals surface area contributed by atoms with Crippen molar-refractivity contribution in [3.63, 3.8) is 0 Å². The van der Waals surface area contributed by atoms with Gasteiger partial charge in [-0.15, -0.1) is 0 Å². The molecule has 0 fully saturated rings. The lowest BCUT2D eigenvalue weighted by molar-refractivity contribution is -0.129. The van der Waals surface area contributed by atoms with Crippen LogP contribution in [0.3, 0.4) is 0 Å². The lowest BCUT2D eigenvalue weighted by atomic mass is 10.2. The van der Waals surface area contributed by atoms with Gasteiger partial charge in [0.15, 0.2) is 0 Å². The number of carbonyl (C=O) groups excluding carboxylic acids is 2. The molecule has 5 nitrogen and oxygen atoms in total. The molecule has 0 aromatic heterocycles. The molecule has 23 heavy (non-hydrogen) atoms. The normalized spacial score (nSPS) is 10.3. The second-order valence-electron chi connectivity index (χ2n) is 4.94. The first-order chi connectivity index (χ1) is 10.9. The van der Waals surface area contributed by atoms with Gasteiger partial charge in [-0.1, -0.05) is 6.07 Å². The average molecular weight is 327 g/mol. The summed E-state index contributed by atoms with van der Waals surface area (Å²) >= 11 is 0. The Balaban J connectivity index is 2.67. The molecule has 0 unspecified atom stereocenters. The molecule has 3 amide bonds. The van der Waals surface area contributed by atoms with Gasteiger partial charge in [-0.25, -0.2) is 13.6 Å². The molecule has 1 rings (SSSR count). The maximum atomic E-state index is 13.7. The van der Waals surface area contributed by atoms with Gasteiger partial charge < -0.3 is 15.1 Å². The SMILES string of the molecule is CCN(CC)C(=O)CNC(=O)N(CC)Cc1c(F)cccc1F. The van der Waals surface area contributed by atoms with Crippen LogP contribution < -0.4 is 5.32 Å². The van der Waals surface area contributed by atoms with E-state index in [0.29, 0.717) is 13.1 Å². The minimum Gasteiger partial charge on any atom is -0.342 e. The highest BCUT2D eigenvalue weighted by Crippen LogP contribution is 2.14. The van der Waals surface area contributed by atoms with Crippen molar-refractivity contribution in [3.05, 3.63) is 35.4 Å².